The minimum Gasteiger partial charge on any atom is -0.387 e. The molecule has 1 nitrogen and oxygen atoms in total. The SMILES string of the molecule is C#CCC(O)c1cc(Br)c(Br)s1. The maximum atomic E-state index is 9.48. The van der Waals surface area contributed by atoms with Crippen molar-refractivity contribution in [2.24, 2.45) is 0 Å². The molecule has 0 radical (unpaired) electrons. The second-order valence-electron chi connectivity index (χ2n) is 2.19. The fourth-order valence-corrected chi connectivity index (χ4v) is 2.82. The highest BCUT2D eigenvalue weighted by atomic mass is 79.9. The lowest BCUT2D eigenvalue weighted by molar-refractivity contribution is 0.188. The lowest BCUT2D eigenvalue weighted by atomic mass is 10.2. The maximum Gasteiger partial charge on any atom is 0.0991 e. The van der Waals surface area contributed by atoms with Crippen LogP contribution in [0.15, 0.2) is 14.3 Å². The van der Waals surface area contributed by atoms with Crippen LogP contribution >= 0.6 is 43.2 Å². The fourth-order valence-electron chi connectivity index (χ4n) is 0.740. The Bertz CT molecular complexity index is 294. The van der Waals surface area contributed by atoms with Crippen molar-refractivity contribution < 1.29 is 5.11 Å². The summed E-state index contributed by atoms with van der Waals surface area (Å²) in [4.78, 5) is 0.881. The van der Waals surface area contributed by atoms with E-state index in [-0.39, 0.29) is 0 Å². The van der Waals surface area contributed by atoms with E-state index in [9.17, 15) is 5.11 Å². The molecule has 0 amide bonds. The summed E-state index contributed by atoms with van der Waals surface area (Å²) in [6.07, 6.45) is 4.90. The molecule has 0 aliphatic rings. The van der Waals surface area contributed by atoms with Gasteiger partial charge in [-0.3, -0.25) is 0 Å². The van der Waals surface area contributed by atoms with Crippen LogP contribution in [0.1, 0.15) is 17.4 Å². The van der Waals surface area contributed by atoms with Crippen LogP contribution in [0.5, 0.6) is 0 Å². The molecule has 0 aliphatic heterocycles. The quantitative estimate of drug-likeness (QED) is 0.831. The van der Waals surface area contributed by atoms with Gasteiger partial charge in [0.05, 0.1) is 9.89 Å². The van der Waals surface area contributed by atoms with E-state index in [2.05, 4.69) is 37.8 Å². The standard InChI is InChI=1S/C8H6Br2OS/c1-2-3-6(11)7-4-5(9)8(10)12-7/h1,4,6,11H,3H2. The zero-order valence-corrected chi connectivity index (χ0v) is 10.0. The van der Waals surface area contributed by atoms with Crippen LogP contribution in [-0.4, -0.2) is 5.11 Å². The van der Waals surface area contributed by atoms with Crippen LogP contribution in [0.2, 0.25) is 0 Å². The third-order valence-electron chi connectivity index (χ3n) is 1.30. The Balaban J connectivity index is 2.83. The van der Waals surface area contributed by atoms with Gasteiger partial charge in [0.15, 0.2) is 0 Å². The van der Waals surface area contributed by atoms with Crippen molar-refractivity contribution in [2.45, 2.75) is 12.5 Å². The Morgan fingerprint density at radius 3 is 2.75 bits per heavy atom. The lowest BCUT2D eigenvalue weighted by Gasteiger charge is -2.01. The van der Waals surface area contributed by atoms with Gasteiger partial charge >= 0.3 is 0 Å². The van der Waals surface area contributed by atoms with Gasteiger partial charge in [0.25, 0.3) is 0 Å². The molecule has 1 atom stereocenters. The monoisotopic (exact) mass is 308 g/mol. The summed E-state index contributed by atoms with van der Waals surface area (Å²) < 4.78 is 1.94. The smallest absolute Gasteiger partial charge is 0.0991 e. The third kappa shape index (κ3) is 2.33. The number of hydrogen-bond donors (Lipinski definition) is 1. The third-order valence-corrected chi connectivity index (χ3v) is 4.66. The summed E-state index contributed by atoms with van der Waals surface area (Å²) in [5.41, 5.74) is 0. The van der Waals surface area contributed by atoms with Crippen LogP contribution in [0.4, 0.5) is 0 Å². The molecule has 0 saturated heterocycles. The Morgan fingerprint density at radius 1 is 1.67 bits per heavy atom. The molecule has 1 aromatic heterocycles. The molecule has 0 saturated carbocycles. The Hall–Kier alpha value is 0.180. The van der Waals surface area contributed by atoms with E-state index in [4.69, 9.17) is 6.42 Å². The normalized spacial score (nSPS) is 12.5. The summed E-state index contributed by atoms with van der Waals surface area (Å²) in [7, 11) is 0. The Morgan fingerprint density at radius 2 is 2.33 bits per heavy atom. The van der Waals surface area contributed by atoms with E-state index in [1.54, 1.807) is 0 Å². The summed E-state index contributed by atoms with van der Waals surface area (Å²) in [5.74, 6) is 2.42. The summed E-state index contributed by atoms with van der Waals surface area (Å²) in [6.45, 7) is 0. The molecule has 1 aromatic rings. The highest BCUT2D eigenvalue weighted by Crippen LogP contribution is 2.36. The molecule has 4 heteroatoms. The van der Waals surface area contributed by atoms with Crippen LogP contribution in [-0.2, 0) is 0 Å². The van der Waals surface area contributed by atoms with Crippen molar-refractivity contribution in [1.82, 2.24) is 0 Å². The zero-order valence-electron chi connectivity index (χ0n) is 6.05. The van der Waals surface area contributed by atoms with Crippen molar-refractivity contribution in [3.63, 3.8) is 0 Å². The van der Waals surface area contributed by atoms with Crippen LogP contribution in [0.3, 0.4) is 0 Å². The average molecular weight is 310 g/mol. The molecule has 1 rings (SSSR count). The van der Waals surface area contributed by atoms with Gasteiger partial charge < -0.3 is 5.11 Å². The first kappa shape index (κ1) is 10.3. The Labute approximate surface area is 92.1 Å². The molecule has 1 heterocycles. The molecule has 12 heavy (non-hydrogen) atoms. The van der Waals surface area contributed by atoms with E-state index < -0.39 is 6.10 Å². The fraction of sp³-hybridized carbons (Fsp3) is 0.250. The van der Waals surface area contributed by atoms with E-state index in [1.807, 2.05) is 6.07 Å². The predicted octanol–water partition coefficient (Wildman–Crippen LogP) is 3.33. The molecule has 0 aliphatic carbocycles. The number of terminal acetylenes is 1. The van der Waals surface area contributed by atoms with Gasteiger partial charge in [0.1, 0.15) is 0 Å². The molecule has 0 bridgehead atoms. The van der Waals surface area contributed by atoms with Gasteiger partial charge in [-0.15, -0.1) is 23.7 Å². The first-order chi connectivity index (χ1) is 5.65. The molecule has 0 fully saturated rings. The molecule has 1 unspecified atom stereocenters. The van der Waals surface area contributed by atoms with Gasteiger partial charge in [-0.1, -0.05) is 0 Å². The topological polar surface area (TPSA) is 20.2 Å². The minimum absolute atomic E-state index is 0.361. The number of hydrogen-bond acceptors (Lipinski definition) is 2. The lowest BCUT2D eigenvalue weighted by Crippen LogP contribution is -1.90. The summed E-state index contributed by atoms with van der Waals surface area (Å²) in [6, 6.07) is 1.87. The Kier molecular flexibility index (Phi) is 3.78. The molecular formula is C8H6Br2OS. The molecule has 1 N–H and O–H groups in total. The van der Waals surface area contributed by atoms with E-state index in [0.29, 0.717) is 6.42 Å². The van der Waals surface area contributed by atoms with Crippen molar-refractivity contribution in [1.29, 1.82) is 0 Å². The number of halogens is 2. The molecule has 0 spiro atoms. The maximum absolute atomic E-state index is 9.48. The molecule has 0 aromatic carbocycles. The van der Waals surface area contributed by atoms with Crippen molar-refractivity contribution in [2.75, 3.05) is 0 Å². The average Bonchev–Trinajstić information content (AvgIpc) is 2.33. The second kappa shape index (κ2) is 4.43. The highest BCUT2D eigenvalue weighted by Gasteiger charge is 2.11. The van der Waals surface area contributed by atoms with Crippen molar-refractivity contribution in [3.05, 3.63) is 19.2 Å². The summed E-state index contributed by atoms with van der Waals surface area (Å²) in [5, 5.41) is 9.48. The van der Waals surface area contributed by atoms with Gasteiger partial charge in [-0.05, 0) is 37.9 Å². The minimum atomic E-state index is -0.539. The highest BCUT2D eigenvalue weighted by molar-refractivity contribution is 9.13. The van der Waals surface area contributed by atoms with Crippen molar-refractivity contribution in [3.8, 4) is 12.3 Å². The molecular weight excluding hydrogens is 304 g/mol. The van der Waals surface area contributed by atoms with Gasteiger partial charge in [-0.25, -0.2) is 0 Å². The van der Waals surface area contributed by atoms with E-state index >= 15 is 0 Å². The van der Waals surface area contributed by atoms with Crippen molar-refractivity contribution >= 4 is 43.2 Å². The predicted molar refractivity (Wildman–Crippen MR) is 58.1 cm³/mol. The van der Waals surface area contributed by atoms with E-state index in [1.165, 1.54) is 11.3 Å². The van der Waals surface area contributed by atoms with Gasteiger partial charge in [0.2, 0.25) is 0 Å². The van der Waals surface area contributed by atoms with Gasteiger partial charge in [0, 0.05) is 15.8 Å². The zero-order chi connectivity index (χ0) is 9.14. The van der Waals surface area contributed by atoms with Gasteiger partial charge in [-0.2, -0.15) is 0 Å². The molecule has 64 valence electrons. The van der Waals surface area contributed by atoms with Crippen LogP contribution in [0, 0.1) is 12.3 Å². The number of aliphatic hydroxyl groups excluding tert-OH is 1. The second-order valence-corrected chi connectivity index (χ2v) is 5.45. The number of thiophene rings is 1. The first-order valence-electron chi connectivity index (χ1n) is 3.21. The number of aliphatic hydroxyl groups is 1. The first-order valence-corrected chi connectivity index (χ1v) is 5.61. The number of rotatable bonds is 2. The summed E-state index contributed by atoms with van der Waals surface area (Å²) >= 11 is 8.17. The van der Waals surface area contributed by atoms with Crippen LogP contribution in [0.25, 0.3) is 0 Å². The largest absolute Gasteiger partial charge is 0.387 e. The van der Waals surface area contributed by atoms with Crippen LogP contribution < -0.4 is 0 Å². The van der Waals surface area contributed by atoms with E-state index in [0.717, 1.165) is 13.1 Å².